The number of carbonyl (C=O) groups excluding carboxylic acids is 2. The fourth-order valence-corrected chi connectivity index (χ4v) is 4.69. The molecule has 2 heterocycles. The minimum atomic E-state index is -4.87. The summed E-state index contributed by atoms with van der Waals surface area (Å²) in [6.45, 7) is 0. The predicted octanol–water partition coefficient (Wildman–Crippen LogP) is 5.87. The van der Waals surface area contributed by atoms with E-state index in [0.29, 0.717) is 36.0 Å². The molecule has 0 spiro atoms. The Labute approximate surface area is 220 Å². The van der Waals surface area contributed by atoms with E-state index in [9.17, 15) is 27.2 Å². The smallest absolute Gasteiger partial charge is 0.319 e. The molecule has 0 bridgehead atoms. The maximum absolute atomic E-state index is 14.9. The number of alkyl halides is 3. The zero-order valence-electron chi connectivity index (χ0n) is 20.8. The van der Waals surface area contributed by atoms with E-state index in [-0.39, 0.29) is 23.1 Å². The fourth-order valence-electron chi connectivity index (χ4n) is 4.69. The van der Waals surface area contributed by atoms with Crippen LogP contribution in [0.4, 0.5) is 23.2 Å². The van der Waals surface area contributed by atoms with Gasteiger partial charge in [0.05, 0.1) is 34.4 Å². The molecule has 7 nitrogen and oxygen atoms in total. The van der Waals surface area contributed by atoms with E-state index in [1.165, 1.54) is 30.2 Å². The molecule has 1 fully saturated rings. The molecular weight excluding hydrogens is 514 g/mol. The average molecular weight is 538 g/mol. The highest BCUT2D eigenvalue weighted by atomic mass is 19.4. The molecule has 1 unspecified atom stereocenters. The Morgan fingerprint density at radius 1 is 1.15 bits per heavy atom. The van der Waals surface area contributed by atoms with Crippen molar-refractivity contribution in [3.05, 3.63) is 83.7 Å². The van der Waals surface area contributed by atoms with Gasteiger partial charge in [-0.25, -0.2) is 14.4 Å². The Morgan fingerprint density at radius 3 is 2.56 bits per heavy atom. The molecule has 1 aliphatic carbocycles. The van der Waals surface area contributed by atoms with Crippen LogP contribution in [0, 0.1) is 11.7 Å². The summed E-state index contributed by atoms with van der Waals surface area (Å²) in [5, 5.41) is 6.56. The van der Waals surface area contributed by atoms with Crippen LogP contribution in [0.25, 0.3) is 22.5 Å². The molecule has 0 radical (unpaired) electrons. The highest BCUT2D eigenvalue weighted by molar-refractivity contribution is 6.06. The van der Waals surface area contributed by atoms with Gasteiger partial charge in [-0.1, -0.05) is 30.3 Å². The summed E-state index contributed by atoms with van der Waals surface area (Å²) in [5.74, 6) is -1.89. The summed E-state index contributed by atoms with van der Waals surface area (Å²) in [6, 6.07) is 11.4. The van der Waals surface area contributed by atoms with Gasteiger partial charge in [0.15, 0.2) is 0 Å². The first kappa shape index (κ1) is 26.2. The Bertz CT molecular complexity index is 1550. The van der Waals surface area contributed by atoms with Gasteiger partial charge >= 0.3 is 6.18 Å². The molecule has 5 rings (SSSR count). The minimum Gasteiger partial charge on any atom is -0.319 e. The third-order valence-corrected chi connectivity index (χ3v) is 6.64. The molecule has 200 valence electrons. The number of anilines is 1. The van der Waals surface area contributed by atoms with Crippen LogP contribution in [0.5, 0.6) is 0 Å². The molecule has 11 heteroatoms. The maximum Gasteiger partial charge on any atom is 0.417 e. The van der Waals surface area contributed by atoms with Crippen molar-refractivity contribution in [2.24, 2.45) is 13.0 Å². The predicted molar refractivity (Wildman–Crippen MR) is 135 cm³/mol. The van der Waals surface area contributed by atoms with Gasteiger partial charge in [0, 0.05) is 43.1 Å². The van der Waals surface area contributed by atoms with Gasteiger partial charge in [0.2, 0.25) is 0 Å². The number of rotatable bonds is 6. The van der Waals surface area contributed by atoms with Crippen LogP contribution in [0.15, 0.2) is 60.9 Å². The van der Waals surface area contributed by atoms with Gasteiger partial charge in [0.25, 0.3) is 5.91 Å². The van der Waals surface area contributed by atoms with Crippen LogP contribution in [-0.4, -0.2) is 31.4 Å². The number of amides is 1. The second-order valence-electron chi connectivity index (χ2n) is 9.38. The first-order chi connectivity index (χ1) is 18.6. The van der Waals surface area contributed by atoms with Crippen LogP contribution in [0.2, 0.25) is 0 Å². The summed E-state index contributed by atoms with van der Waals surface area (Å²) in [4.78, 5) is 34.2. The molecule has 1 atom stereocenters. The third-order valence-electron chi connectivity index (χ3n) is 6.64. The summed E-state index contributed by atoms with van der Waals surface area (Å²) >= 11 is 0. The molecule has 2 aromatic heterocycles. The molecule has 1 N–H and O–H groups in total. The fraction of sp³-hybridized carbons (Fsp3) is 0.250. The normalized spacial score (nSPS) is 15.5. The largest absolute Gasteiger partial charge is 0.417 e. The number of nitrogens with one attached hydrogen (secondary N) is 1. The van der Waals surface area contributed by atoms with Gasteiger partial charge in [-0.15, -0.1) is 0 Å². The van der Waals surface area contributed by atoms with Crippen LogP contribution >= 0.6 is 0 Å². The molecule has 1 aliphatic rings. The van der Waals surface area contributed by atoms with E-state index in [1.807, 2.05) is 0 Å². The molecule has 39 heavy (non-hydrogen) atoms. The number of Topliss-reactive ketones (excluding diaryl/α,β-unsaturated/α-hetero) is 1. The SMILES string of the molecule is Cn1ccc(-c2cc(C(=O)Nc3cnc(CC4CCCC4=O)nc3-c3ccccc3)c(F)cc2C(F)(F)F)n1. The minimum absolute atomic E-state index is 0.0574. The molecule has 2 aromatic carbocycles. The highest BCUT2D eigenvalue weighted by Gasteiger charge is 2.36. The molecule has 1 saturated carbocycles. The molecular formula is C28H23F4N5O2. The number of hydrogen-bond acceptors (Lipinski definition) is 5. The van der Waals surface area contributed by atoms with Gasteiger partial charge in [-0.3, -0.25) is 14.3 Å². The number of benzene rings is 2. The van der Waals surface area contributed by atoms with Gasteiger partial charge in [-0.05, 0) is 31.0 Å². The van der Waals surface area contributed by atoms with Crippen molar-refractivity contribution in [1.82, 2.24) is 19.7 Å². The van der Waals surface area contributed by atoms with Crippen molar-refractivity contribution in [2.45, 2.75) is 31.9 Å². The highest BCUT2D eigenvalue weighted by Crippen LogP contribution is 2.38. The lowest BCUT2D eigenvalue weighted by atomic mass is 9.99. The van der Waals surface area contributed by atoms with Crippen molar-refractivity contribution in [1.29, 1.82) is 0 Å². The molecule has 4 aromatic rings. The van der Waals surface area contributed by atoms with Crippen molar-refractivity contribution in [2.75, 3.05) is 5.32 Å². The van der Waals surface area contributed by atoms with E-state index < -0.39 is 34.6 Å². The number of aromatic nitrogens is 4. The number of nitrogens with zero attached hydrogens (tertiary/aromatic N) is 4. The zero-order valence-corrected chi connectivity index (χ0v) is 20.8. The average Bonchev–Trinajstić information content (AvgIpc) is 3.52. The number of aryl methyl sites for hydroxylation is 1. The van der Waals surface area contributed by atoms with Crippen LogP contribution in [0.1, 0.15) is 41.0 Å². The summed E-state index contributed by atoms with van der Waals surface area (Å²) in [5.41, 5.74) is -1.19. The van der Waals surface area contributed by atoms with E-state index in [4.69, 9.17) is 0 Å². The van der Waals surface area contributed by atoms with E-state index in [0.717, 1.165) is 18.9 Å². The lowest BCUT2D eigenvalue weighted by Crippen LogP contribution is -2.18. The number of hydrogen-bond donors (Lipinski definition) is 1. The van der Waals surface area contributed by atoms with E-state index in [1.54, 1.807) is 30.3 Å². The molecule has 1 amide bonds. The standard InChI is InChI=1S/C28H23F4N5O2/c1-37-11-10-22(36-37)18-13-19(21(29)14-20(18)28(30,31)32)27(39)34-23-15-33-25(12-17-8-5-9-24(17)38)35-26(23)16-6-3-2-4-7-16/h2-4,6-7,10-11,13-15,17H,5,8-9,12H2,1H3,(H,34,39). The second-order valence-corrected chi connectivity index (χ2v) is 9.38. The quantitative estimate of drug-likeness (QED) is 0.311. The summed E-state index contributed by atoms with van der Waals surface area (Å²) in [6.07, 6.45) is 0.410. The zero-order chi connectivity index (χ0) is 27.7. The molecule has 0 aliphatic heterocycles. The summed E-state index contributed by atoms with van der Waals surface area (Å²) < 4.78 is 57.4. The summed E-state index contributed by atoms with van der Waals surface area (Å²) in [7, 11) is 1.53. The Balaban J connectivity index is 1.52. The van der Waals surface area contributed by atoms with E-state index in [2.05, 4.69) is 20.4 Å². The Kier molecular flexibility index (Phi) is 6.98. The Morgan fingerprint density at radius 2 is 1.92 bits per heavy atom. The topological polar surface area (TPSA) is 89.8 Å². The third kappa shape index (κ3) is 5.57. The van der Waals surface area contributed by atoms with E-state index >= 15 is 0 Å². The Hall–Kier alpha value is -4.41. The van der Waals surface area contributed by atoms with Gasteiger partial charge in [-0.2, -0.15) is 18.3 Å². The van der Waals surface area contributed by atoms with Gasteiger partial charge in [0.1, 0.15) is 17.4 Å². The van der Waals surface area contributed by atoms with Crippen molar-refractivity contribution in [3.63, 3.8) is 0 Å². The number of ketones is 1. The molecule has 0 saturated heterocycles. The maximum atomic E-state index is 14.9. The first-order valence-corrected chi connectivity index (χ1v) is 12.3. The van der Waals surface area contributed by atoms with Crippen molar-refractivity contribution >= 4 is 17.4 Å². The lowest BCUT2D eigenvalue weighted by Gasteiger charge is -2.16. The number of halogens is 4. The van der Waals surface area contributed by atoms with Crippen LogP contribution in [-0.2, 0) is 24.4 Å². The lowest BCUT2D eigenvalue weighted by molar-refractivity contribution is -0.137. The van der Waals surface area contributed by atoms with Gasteiger partial charge < -0.3 is 5.32 Å². The number of carbonyl (C=O) groups is 2. The second kappa shape index (κ2) is 10.4. The van der Waals surface area contributed by atoms with Crippen molar-refractivity contribution in [3.8, 4) is 22.5 Å². The van der Waals surface area contributed by atoms with Crippen molar-refractivity contribution < 1.29 is 27.2 Å². The first-order valence-electron chi connectivity index (χ1n) is 12.3. The van der Waals surface area contributed by atoms with Crippen LogP contribution in [0.3, 0.4) is 0 Å². The monoisotopic (exact) mass is 537 g/mol. The van der Waals surface area contributed by atoms with Crippen LogP contribution < -0.4 is 5.32 Å².